The van der Waals surface area contributed by atoms with Gasteiger partial charge in [-0.05, 0) is 34.4 Å². The fraction of sp³-hybridized carbons (Fsp3) is 0.208. The van der Waals surface area contributed by atoms with Gasteiger partial charge < -0.3 is 9.47 Å². The minimum atomic E-state index is -0.198. The Labute approximate surface area is 170 Å². The molecule has 0 radical (unpaired) electrons. The van der Waals surface area contributed by atoms with Crippen LogP contribution in [0, 0.1) is 0 Å². The molecule has 0 N–H and O–H groups in total. The van der Waals surface area contributed by atoms with Crippen LogP contribution in [0.2, 0.25) is 0 Å². The van der Waals surface area contributed by atoms with Crippen molar-refractivity contribution >= 4 is 17.7 Å². The fourth-order valence-electron chi connectivity index (χ4n) is 2.82. The molecule has 4 heteroatoms. The Balaban J connectivity index is 1.47. The highest BCUT2D eigenvalue weighted by atomic mass is 32.2. The predicted octanol–water partition coefficient (Wildman–Crippen LogP) is 5.38. The van der Waals surface area contributed by atoms with Gasteiger partial charge in [-0.25, -0.2) is 0 Å². The third-order valence-electron chi connectivity index (χ3n) is 4.34. The molecule has 0 spiro atoms. The van der Waals surface area contributed by atoms with Crippen molar-refractivity contribution in [1.82, 2.24) is 0 Å². The molecule has 0 amide bonds. The molecule has 0 aromatic heterocycles. The Kier molecular flexibility index (Phi) is 7.56. The summed E-state index contributed by atoms with van der Waals surface area (Å²) < 4.78 is 10.6. The van der Waals surface area contributed by atoms with Crippen LogP contribution < -0.4 is 4.74 Å². The van der Waals surface area contributed by atoms with Gasteiger partial charge in [0.2, 0.25) is 0 Å². The van der Waals surface area contributed by atoms with Crippen LogP contribution in [0.1, 0.15) is 11.1 Å². The topological polar surface area (TPSA) is 35.5 Å². The summed E-state index contributed by atoms with van der Waals surface area (Å²) in [6.45, 7) is 0.628. The summed E-state index contributed by atoms with van der Waals surface area (Å²) in [5, 5.41) is 0. The second kappa shape index (κ2) is 10.6. The van der Waals surface area contributed by atoms with Crippen molar-refractivity contribution < 1.29 is 14.3 Å². The molecule has 0 aliphatic carbocycles. The smallest absolute Gasteiger partial charge is 0.315 e. The molecule has 28 heavy (non-hydrogen) atoms. The lowest BCUT2D eigenvalue weighted by Gasteiger charge is -2.09. The minimum Gasteiger partial charge on any atom is -0.493 e. The highest BCUT2D eigenvalue weighted by Gasteiger charge is 2.03. The lowest BCUT2D eigenvalue weighted by atomic mass is 10.0. The maximum absolute atomic E-state index is 11.2. The van der Waals surface area contributed by atoms with E-state index in [1.165, 1.54) is 35.6 Å². The fourth-order valence-corrected chi connectivity index (χ4v) is 3.62. The van der Waals surface area contributed by atoms with Crippen LogP contribution in [0.3, 0.4) is 0 Å². The normalized spacial score (nSPS) is 10.5. The average molecular weight is 393 g/mol. The van der Waals surface area contributed by atoms with Crippen LogP contribution >= 0.6 is 11.8 Å². The van der Waals surface area contributed by atoms with Gasteiger partial charge in [-0.15, -0.1) is 11.8 Å². The third kappa shape index (κ3) is 6.17. The van der Waals surface area contributed by atoms with E-state index in [9.17, 15) is 4.79 Å². The number of benzene rings is 3. The van der Waals surface area contributed by atoms with Crippen molar-refractivity contribution in [3.8, 4) is 16.9 Å². The molecule has 3 rings (SSSR count). The van der Waals surface area contributed by atoms with Gasteiger partial charge in [0.1, 0.15) is 5.75 Å². The van der Waals surface area contributed by atoms with Crippen LogP contribution in [-0.2, 0) is 21.7 Å². The monoisotopic (exact) mass is 392 g/mol. The van der Waals surface area contributed by atoms with Crippen molar-refractivity contribution in [3.05, 3.63) is 90.0 Å². The van der Waals surface area contributed by atoms with Gasteiger partial charge in [-0.2, -0.15) is 0 Å². The van der Waals surface area contributed by atoms with E-state index in [0.29, 0.717) is 12.4 Å². The molecule has 0 fully saturated rings. The summed E-state index contributed by atoms with van der Waals surface area (Å²) >= 11 is 1.54. The number of rotatable bonds is 9. The molecule has 0 aliphatic rings. The molecule has 0 saturated carbocycles. The zero-order valence-corrected chi connectivity index (χ0v) is 16.8. The summed E-state index contributed by atoms with van der Waals surface area (Å²) in [4.78, 5) is 11.2. The molecule has 3 aromatic carbocycles. The van der Waals surface area contributed by atoms with Crippen LogP contribution in [0.5, 0.6) is 5.75 Å². The van der Waals surface area contributed by atoms with Crippen molar-refractivity contribution in [2.45, 2.75) is 12.2 Å². The van der Waals surface area contributed by atoms with E-state index in [4.69, 9.17) is 4.74 Å². The molecule has 0 saturated heterocycles. The average Bonchev–Trinajstić information content (AvgIpc) is 2.75. The predicted molar refractivity (Wildman–Crippen MR) is 116 cm³/mol. The first-order valence-electron chi connectivity index (χ1n) is 9.25. The first kappa shape index (κ1) is 20.0. The highest BCUT2D eigenvalue weighted by molar-refractivity contribution is 7.99. The summed E-state index contributed by atoms with van der Waals surface area (Å²) in [6.07, 6.45) is 0.858. The molecule has 0 unspecified atom stereocenters. The van der Waals surface area contributed by atoms with Crippen LogP contribution in [0.4, 0.5) is 0 Å². The Morgan fingerprint density at radius 3 is 2.36 bits per heavy atom. The second-order valence-electron chi connectivity index (χ2n) is 6.38. The molecule has 0 bridgehead atoms. The highest BCUT2D eigenvalue weighted by Crippen LogP contribution is 2.21. The lowest BCUT2D eigenvalue weighted by Crippen LogP contribution is -2.03. The first-order valence-corrected chi connectivity index (χ1v) is 10.4. The van der Waals surface area contributed by atoms with Gasteiger partial charge in [0, 0.05) is 12.2 Å². The summed E-state index contributed by atoms with van der Waals surface area (Å²) in [6, 6.07) is 27.0. The Bertz CT molecular complexity index is 876. The lowest BCUT2D eigenvalue weighted by molar-refractivity contribution is -0.137. The number of ether oxygens (including phenoxy) is 2. The van der Waals surface area contributed by atoms with E-state index in [1.54, 1.807) is 0 Å². The van der Waals surface area contributed by atoms with Gasteiger partial charge in [-0.3, -0.25) is 4.79 Å². The van der Waals surface area contributed by atoms with Gasteiger partial charge in [0.15, 0.2) is 0 Å². The largest absolute Gasteiger partial charge is 0.493 e. The molecule has 3 nitrogen and oxygen atoms in total. The van der Waals surface area contributed by atoms with Crippen LogP contribution in [-0.4, -0.2) is 25.4 Å². The Morgan fingerprint density at radius 1 is 0.857 bits per heavy atom. The summed E-state index contributed by atoms with van der Waals surface area (Å²) in [5.74, 6) is 1.78. The Morgan fingerprint density at radius 2 is 1.61 bits per heavy atom. The van der Waals surface area contributed by atoms with Crippen molar-refractivity contribution in [2.24, 2.45) is 0 Å². The number of hydrogen-bond donors (Lipinski definition) is 0. The molecule has 0 heterocycles. The number of methoxy groups -OCH3 is 1. The van der Waals surface area contributed by atoms with E-state index in [0.717, 1.165) is 23.5 Å². The number of thioether (sulfide) groups is 1. The maximum atomic E-state index is 11.2. The number of esters is 1. The summed E-state index contributed by atoms with van der Waals surface area (Å²) in [7, 11) is 1.41. The van der Waals surface area contributed by atoms with Crippen molar-refractivity contribution in [2.75, 3.05) is 19.5 Å². The molecule has 144 valence electrons. The zero-order valence-electron chi connectivity index (χ0n) is 16.0. The van der Waals surface area contributed by atoms with E-state index < -0.39 is 0 Å². The van der Waals surface area contributed by atoms with Crippen molar-refractivity contribution in [3.63, 3.8) is 0 Å². The van der Waals surface area contributed by atoms with Gasteiger partial charge in [0.25, 0.3) is 0 Å². The number of hydrogen-bond acceptors (Lipinski definition) is 4. The van der Waals surface area contributed by atoms with Gasteiger partial charge in [0.05, 0.1) is 19.5 Å². The maximum Gasteiger partial charge on any atom is 0.315 e. The zero-order chi connectivity index (χ0) is 19.6. The van der Waals surface area contributed by atoms with E-state index in [-0.39, 0.29) is 5.97 Å². The minimum absolute atomic E-state index is 0.198. The van der Waals surface area contributed by atoms with Gasteiger partial charge in [-0.1, -0.05) is 66.7 Å². The number of carbonyl (C=O) groups is 1. The quantitative estimate of drug-likeness (QED) is 0.458. The van der Waals surface area contributed by atoms with E-state index >= 15 is 0 Å². The molecule has 3 aromatic rings. The third-order valence-corrected chi connectivity index (χ3v) is 5.31. The van der Waals surface area contributed by atoms with E-state index in [1.807, 2.05) is 30.3 Å². The molecule has 0 atom stereocenters. The standard InChI is InChI=1S/C24H24O3S/c1-26-24(25)18-28-17-20-6-5-9-23(16-20)27-15-14-19-10-12-22(13-11-19)21-7-3-2-4-8-21/h2-13,16H,14-15,17-18H2,1H3. The first-order chi connectivity index (χ1) is 13.7. The van der Waals surface area contributed by atoms with Crippen molar-refractivity contribution in [1.29, 1.82) is 0 Å². The van der Waals surface area contributed by atoms with Crippen LogP contribution in [0.25, 0.3) is 11.1 Å². The SMILES string of the molecule is COC(=O)CSCc1cccc(OCCc2ccc(-c3ccccc3)cc2)c1. The van der Waals surface area contributed by atoms with Crippen LogP contribution in [0.15, 0.2) is 78.9 Å². The molecular weight excluding hydrogens is 368 g/mol. The second-order valence-corrected chi connectivity index (χ2v) is 7.36. The summed E-state index contributed by atoms with van der Waals surface area (Å²) in [5.41, 5.74) is 4.85. The Hall–Kier alpha value is -2.72. The van der Waals surface area contributed by atoms with Gasteiger partial charge >= 0.3 is 5.97 Å². The van der Waals surface area contributed by atoms with E-state index in [2.05, 4.69) is 53.3 Å². The molecular formula is C24H24O3S. The molecule has 0 aliphatic heterocycles. The number of carbonyl (C=O) groups excluding carboxylic acids is 1.